The van der Waals surface area contributed by atoms with Gasteiger partial charge in [0.1, 0.15) is 0 Å². The standard InChI is InChI=1S/C19H20N4O2S/c1-12-10-23(11-13(2)25-12)19-21-18(24)16(26-19)8-15-9-20-22-17(15)14-6-4-3-5-7-14/h3-9,12-13H,10-11H2,1-2H3,(H,20,22)/b16-8-/t12-,13+. The number of carbonyl (C=O) groups is 1. The second-order valence-corrected chi connectivity index (χ2v) is 7.55. The van der Waals surface area contributed by atoms with Gasteiger partial charge in [0.15, 0.2) is 5.17 Å². The van der Waals surface area contributed by atoms with E-state index in [0.717, 1.165) is 35.1 Å². The average Bonchev–Trinajstić information content (AvgIpc) is 3.22. The van der Waals surface area contributed by atoms with Gasteiger partial charge in [0.05, 0.1) is 29.0 Å². The van der Waals surface area contributed by atoms with Gasteiger partial charge in [-0.1, -0.05) is 30.3 Å². The van der Waals surface area contributed by atoms with Crippen LogP contribution < -0.4 is 0 Å². The summed E-state index contributed by atoms with van der Waals surface area (Å²) in [5.41, 5.74) is 2.81. The van der Waals surface area contributed by atoms with Gasteiger partial charge in [-0.3, -0.25) is 9.89 Å². The van der Waals surface area contributed by atoms with Gasteiger partial charge >= 0.3 is 0 Å². The van der Waals surface area contributed by atoms with E-state index in [9.17, 15) is 4.79 Å². The fourth-order valence-corrected chi connectivity index (χ4v) is 4.17. The Morgan fingerprint density at radius 3 is 2.69 bits per heavy atom. The lowest BCUT2D eigenvalue weighted by Crippen LogP contribution is -2.47. The van der Waals surface area contributed by atoms with Crippen LogP contribution in [0.15, 0.2) is 46.4 Å². The highest BCUT2D eigenvalue weighted by molar-refractivity contribution is 8.18. The van der Waals surface area contributed by atoms with Gasteiger partial charge in [-0.05, 0) is 31.7 Å². The SMILES string of the molecule is C[C@@H]1CN(C2=NC(=O)/C(=C/c3cn[nH]c3-c3ccccc3)S2)C[C@H](C)O1. The van der Waals surface area contributed by atoms with Crippen LogP contribution in [0.4, 0.5) is 0 Å². The van der Waals surface area contributed by atoms with Crippen molar-refractivity contribution >= 4 is 28.9 Å². The van der Waals surface area contributed by atoms with Crippen molar-refractivity contribution in [3.8, 4) is 11.3 Å². The van der Waals surface area contributed by atoms with Gasteiger partial charge in [0.2, 0.25) is 0 Å². The van der Waals surface area contributed by atoms with Crippen LogP contribution in [0, 0.1) is 0 Å². The number of ether oxygens (including phenoxy) is 1. The van der Waals surface area contributed by atoms with Crippen LogP contribution in [0.1, 0.15) is 19.4 Å². The molecule has 2 aliphatic rings. The molecule has 0 aliphatic carbocycles. The van der Waals surface area contributed by atoms with E-state index in [-0.39, 0.29) is 18.1 Å². The Balaban J connectivity index is 1.56. The molecule has 0 bridgehead atoms. The van der Waals surface area contributed by atoms with Crippen molar-refractivity contribution in [3.05, 3.63) is 47.0 Å². The number of hydrogen-bond donors (Lipinski definition) is 1. The zero-order valence-electron chi connectivity index (χ0n) is 14.7. The van der Waals surface area contributed by atoms with Gasteiger partial charge < -0.3 is 9.64 Å². The normalized spacial score (nSPS) is 25.0. The zero-order chi connectivity index (χ0) is 18.1. The third kappa shape index (κ3) is 3.45. The Labute approximate surface area is 156 Å². The molecule has 1 N–H and O–H groups in total. The molecule has 3 heterocycles. The number of rotatable bonds is 2. The third-order valence-electron chi connectivity index (χ3n) is 4.32. The molecular formula is C19H20N4O2S. The molecule has 0 spiro atoms. The van der Waals surface area contributed by atoms with E-state index < -0.39 is 0 Å². The molecule has 0 saturated carbocycles. The highest BCUT2D eigenvalue weighted by Crippen LogP contribution is 2.33. The van der Waals surface area contributed by atoms with Crippen molar-refractivity contribution in [1.82, 2.24) is 15.1 Å². The smallest absolute Gasteiger partial charge is 0.286 e. The summed E-state index contributed by atoms with van der Waals surface area (Å²) in [5, 5.41) is 7.91. The molecule has 6 nitrogen and oxygen atoms in total. The maximum absolute atomic E-state index is 12.4. The maximum atomic E-state index is 12.4. The fourth-order valence-electron chi connectivity index (χ4n) is 3.25. The summed E-state index contributed by atoms with van der Waals surface area (Å²) in [7, 11) is 0. The number of thioether (sulfide) groups is 1. The highest BCUT2D eigenvalue weighted by atomic mass is 32.2. The van der Waals surface area contributed by atoms with Crippen LogP contribution in [0.5, 0.6) is 0 Å². The molecule has 0 radical (unpaired) electrons. The van der Waals surface area contributed by atoms with Crippen LogP contribution in [-0.2, 0) is 9.53 Å². The monoisotopic (exact) mass is 368 g/mol. The van der Waals surface area contributed by atoms with E-state index in [2.05, 4.69) is 20.1 Å². The lowest BCUT2D eigenvalue weighted by Gasteiger charge is -2.35. The highest BCUT2D eigenvalue weighted by Gasteiger charge is 2.31. The quantitative estimate of drug-likeness (QED) is 0.825. The number of amides is 1. The summed E-state index contributed by atoms with van der Waals surface area (Å²) < 4.78 is 5.76. The van der Waals surface area contributed by atoms with Crippen molar-refractivity contribution < 1.29 is 9.53 Å². The Bertz CT molecular complexity index is 865. The van der Waals surface area contributed by atoms with Crippen molar-refractivity contribution in [2.24, 2.45) is 4.99 Å². The van der Waals surface area contributed by atoms with Gasteiger partial charge in [-0.15, -0.1) is 0 Å². The average molecular weight is 368 g/mol. The lowest BCUT2D eigenvalue weighted by molar-refractivity contribution is -0.113. The second kappa shape index (κ2) is 7.09. The molecule has 1 amide bonds. The van der Waals surface area contributed by atoms with Crippen LogP contribution in [0.2, 0.25) is 0 Å². The number of aromatic nitrogens is 2. The molecule has 1 fully saturated rings. The molecule has 2 atom stereocenters. The maximum Gasteiger partial charge on any atom is 0.286 e. The van der Waals surface area contributed by atoms with Gasteiger partial charge in [-0.2, -0.15) is 10.1 Å². The number of nitrogens with one attached hydrogen (secondary N) is 1. The van der Waals surface area contributed by atoms with E-state index in [1.165, 1.54) is 11.8 Å². The number of aliphatic imine (C=N–C) groups is 1. The van der Waals surface area contributed by atoms with E-state index in [1.807, 2.05) is 50.3 Å². The van der Waals surface area contributed by atoms with E-state index >= 15 is 0 Å². The zero-order valence-corrected chi connectivity index (χ0v) is 15.5. The predicted octanol–water partition coefficient (Wildman–Crippen LogP) is 3.16. The summed E-state index contributed by atoms with van der Waals surface area (Å²) in [4.78, 5) is 19.4. The van der Waals surface area contributed by atoms with Crippen molar-refractivity contribution in [3.63, 3.8) is 0 Å². The number of aromatic amines is 1. The second-order valence-electron chi connectivity index (χ2n) is 6.54. The molecule has 2 aromatic rings. The molecule has 1 aromatic carbocycles. The number of benzene rings is 1. The third-order valence-corrected chi connectivity index (χ3v) is 5.36. The molecule has 4 rings (SSSR count). The molecule has 7 heteroatoms. The number of hydrogen-bond acceptors (Lipinski definition) is 5. The number of morpholine rings is 1. The van der Waals surface area contributed by atoms with Gasteiger partial charge in [0.25, 0.3) is 5.91 Å². The fraction of sp³-hybridized carbons (Fsp3) is 0.316. The predicted molar refractivity (Wildman–Crippen MR) is 104 cm³/mol. The molecule has 1 saturated heterocycles. The molecule has 0 unspecified atom stereocenters. The lowest BCUT2D eigenvalue weighted by atomic mass is 10.1. The summed E-state index contributed by atoms with van der Waals surface area (Å²) in [6.07, 6.45) is 3.86. The van der Waals surface area contributed by atoms with Crippen molar-refractivity contribution in [2.45, 2.75) is 26.1 Å². The largest absolute Gasteiger partial charge is 0.372 e. The molecule has 1 aromatic heterocycles. The first-order valence-electron chi connectivity index (χ1n) is 8.62. The number of amidine groups is 1. The van der Waals surface area contributed by atoms with E-state index in [0.29, 0.717) is 4.91 Å². The number of nitrogens with zero attached hydrogens (tertiary/aromatic N) is 3. The summed E-state index contributed by atoms with van der Waals surface area (Å²) in [5.74, 6) is -0.197. The first-order chi connectivity index (χ1) is 12.6. The van der Waals surface area contributed by atoms with Crippen LogP contribution in [0.25, 0.3) is 17.3 Å². The number of H-pyrrole nitrogens is 1. The summed E-state index contributed by atoms with van der Waals surface area (Å²) in [6.45, 7) is 5.58. The van der Waals surface area contributed by atoms with Gasteiger partial charge in [0, 0.05) is 24.2 Å². The van der Waals surface area contributed by atoms with Crippen LogP contribution in [0.3, 0.4) is 0 Å². The minimum absolute atomic E-state index is 0.128. The Hall–Kier alpha value is -2.38. The first kappa shape index (κ1) is 17.1. The van der Waals surface area contributed by atoms with Gasteiger partial charge in [-0.25, -0.2) is 0 Å². The Morgan fingerprint density at radius 1 is 1.23 bits per heavy atom. The number of carbonyl (C=O) groups excluding carboxylic acids is 1. The summed E-state index contributed by atoms with van der Waals surface area (Å²) >= 11 is 1.42. The first-order valence-corrected chi connectivity index (χ1v) is 9.43. The summed E-state index contributed by atoms with van der Waals surface area (Å²) in [6, 6.07) is 9.95. The Morgan fingerprint density at radius 2 is 1.96 bits per heavy atom. The van der Waals surface area contributed by atoms with Crippen molar-refractivity contribution in [2.75, 3.05) is 13.1 Å². The van der Waals surface area contributed by atoms with E-state index in [4.69, 9.17) is 4.74 Å². The minimum Gasteiger partial charge on any atom is -0.372 e. The molecule has 134 valence electrons. The van der Waals surface area contributed by atoms with Crippen LogP contribution in [-0.4, -0.2) is 51.5 Å². The minimum atomic E-state index is -0.197. The van der Waals surface area contributed by atoms with E-state index in [1.54, 1.807) is 6.20 Å². The van der Waals surface area contributed by atoms with Crippen LogP contribution >= 0.6 is 11.8 Å². The molecule has 26 heavy (non-hydrogen) atoms. The topological polar surface area (TPSA) is 70.6 Å². The Kier molecular flexibility index (Phi) is 4.65. The molecular weight excluding hydrogens is 348 g/mol. The van der Waals surface area contributed by atoms with Crippen molar-refractivity contribution in [1.29, 1.82) is 0 Å². The molecule has 2 aliphatic heterocycles.